The van der Waals surface area contributed by atoms with Crippen molar-refractivity contribution >= 4 is 26.5 Å². The van der Waals surface area contributed by atoms with E-state index in [1.54, 1.807) is 13.1 Å². The van der Waals surface area contributed by atoms with E-state index in [1.165, 1.54) is 21.2 Å². The number of benzene rings is 1. The summed E-state index contributed by atoms with van der Waals surface area (Å²) in [6, 6.07) is 5.46. The van der Waals surface area contributed by atoms with E-state index in [9.17, 15) is 8.42 Å². The lowest BCUT2D eigenvalue weighted by molar-refractivity contribution is 0.594. The predicted molar refractivity (Wildman–Crippen MR) is 80.9 cm³/mol. The third kappa shape index (κ3) is 2.23. The number of aryl methyl sites for hydroxylation is 3. The van der Waals surface area contributed by atoms with Crippen molar-refractivity contribution in [3.8, 4) is 0 Å². The summed E-state index contributed by atoms with van der Waals surface area (Å²) in [5, 5.41) is 2.35. The Bertz CT molecular complexity index is 750. The summed E-state index contributed by atoms with van der Waals surface area (Å²) >= 11 is 1.34. The summed E-state index contributed by atoms with van der Waals surface area (Å²) < 4.78 is 26.5. The maximum atomic E-state index is 12.6. The first kappa shape index (κ1) is 13.6. The molecule has 4 nitrogen and oxygen atoms in total. The van der Waals surface area contributed by atoms with Crippen LogP contribution in [0.1, 0.15) is 23.2 Å². The SMILES string of the molecule is Cc1csc(N(C)S(=O)(=O)c2ccc3c(c2)CCC3)n1. The molecule has 1 aromatic carbocycles. The molecule has 6 heteroatoms. The van der Waals surface area contributed by atoms with Crippen molar-refractivity contribution in [2.45, 2.75) is 31.1 Å². The average molecular weight is 308 g/mol. The van der Waals surface area contributed by atoms with Crippen molar-refractivity contribution in [1.82, 2.24) is 4.98 Å². The van der Waals surface area contributed by atoms with Crippen LogP contribution in [-0.4, -0.2) is 20.4 Å². The highest BCUT2D eigenvalue weighted by Crippen LogP contribution is 2.29. The fourth-order valence-electron chi connectivity index (χ4n) is 2.46. The van der Waals surface area contributed by atoms with E-state index in [0.29, 0.717) is 10.0 Å². The smallest absolute Gasteiger partial charge is 0.244 e. The molecule has 1 heterocycles. The van der Waals surface area contributed by atoms with Crippen molar-refractivity contribution in [2.75, 3.05) is 11.4 Å². The Morgan fingerprint density at radius 3 is 2.70 bits per heavy atom. The third-order valence-electron chi connectivity index (χ3n) is 3.60. The summed E-state index contributed by atoms with van der Waals surface area (Å²) in [5.74, 6) is 0. The Kier molecular flexibility index (Phi) is 3.30. The molecule has 0 bridgehead atoms. The standard InChI is InChI=1S/C14H16N2O2S2/c1-10-9-19-14(15-10)16(2)20(17,18)13-7-6-11-4-3-5-12(11)8-13/h6-9H,3-5H2,1-2H3. The van der Waals surface area contributed by atoms with E-state index in [4.69, 9.17) is 0 Å². The van der Waals surface area contributed by atoms with Crippen LogP contribution < -0.4 is 4.31 Å². The molecule has 20 heavy (non-hydrogen) atoms. The van der Waals surface area contributed by atoms with E-state index in [-0.39, 0.29) is 0 Å². The normalized spacial score (nSPS) is 14.3. The molecule has 1 aromatic heterocycles. The molecule has 0 radical (unpaired) electrons. The molecule has 106 valence electrons. The van der Waals surface area contributed by atoms with Crippen molar-refractivity contribution in [1.29, 1.82) is 0 Å². The fourth-order valence-corrected chi connectivity index (χ4v) is 4.65. The van der Waals surface area contributed by atoms with Crippen LogP contribution in [0.4, 0.5) is 5.13 Å². The molecule has 0 spiro atoms. The molecule has 0 aliphatic heterocycles. The van der Waals surface area contributed by atoms with Gasteiger partial charge in [-0.15, -0.1) is 11.3 Å². The van der Waals surface area contributed by atoms with Gasteiger partial charge in [-0.2, -0.15) is 0 Å². The Morgan fingerprint density at radius 2 is 2.00 bits per heavy atom. The minimum Gasteiger partial charge on any atom is -0.244 e. The second-order valence-electron chi connectivity index (χ2n) is 5.03. The number of rotatable bonds is 3. The van der Waals surface area contributed by atoms with Gasteiger partial charge in [-0.25, -0.2) is 17.7 Å². The van der Waals surface area contributed by atoms with Crippen LogP contribution in [0, 0.1) is 6.92 Å². The van der Waals surface area contributed by atoms with E-state index in [0.717, 1.165) is 30.5 Å². The molecule has 0 fully saturated rings. The van der Waals surface area contributed by atoms with Crippen molar-refractivity contribution in [3.05, 3.63) is 40.4 Å². The summed E-state index contributed by atoms with van der Waals surface area (Å²) in [6.07, 6.45) is 3.14. The van der Waals surface area contributed by atoms with Gasteiger partial charge in [0.1, 0.15) is 0 Å². The zero-order valence-electron chi connectivity index (χ0n) is 11.5. The number of hydrogen-bond donors (Lipinski definition) is 0. The maximum Gasteiger partial charge on any atom is 0.265 e. The van der Waals surface area contributed by atoms with Crippen LogP contribution in [0.15, 0.2) is 28.5 Å². The van der Waals surface area contributed by atoms with Crippen molar-refractivity contribution < 1.29 is 8.42 Å². The van der Waals surface area contributed by atoms with Gasteiger partial charge in [-0.1, -0.05) is 6.07 Å². The highest BCUT2D eigenvalue weighted by Gasteiger charge is 2.25. The third-order valence-corrected chi connectivity index (χ3v) is 6.50. The Balaban J connectivity index is 1.99. The molecule has 3 rings (SSSR count). The van der Waals surface area contributed by atoms with Crippen molar-refractivity contribution in [3.63, 3.8) is 0 Å². The molecule has 1 aliphatic carbocycles. The van der Waals surface area contributed by atoms with Crippen molar-refractivity contribution in [2.24, 2.45) is 0 Å². The largest absolute Gasteiger partial charge is 0.265 e. The van der Waals surface area contributed by atoms with E-state index in [1.807, 2.05) is 24.4 Å². The summed E-state index contributed by atoms with van der Waals surface area (Å²) in [6.45, 7) is 1.86. The van der Waals surface area contributed by atoms with Gasteiger partial charge in [-0.05, 0) is 49.4 Å². The highest BCUT2D eigenvalue weighted by atomic mass is 32.2. The minimum atomic E-state index is -3.52. The number of fused-ring (bicyclic) bond motifs is 1. The highest BCUT2D eigenvalue weighted by molar-refractivity contribution is 7.93. The van der Waals surface area contributed by atoms with Crippen LogP contribution in [0.5, 0.6) is 0 Å². The number of hydrogen-bond acceptors (Lipinski definition) is 4. The fraction of sp³-hybridized carbons (Fsp3) is 0.357. The zero-order chi connectivity index (χ0) is 14.3. The topological polar surface area (TPSA) is 50.3 Å². The lowest BCUT2D eigenvalue weighted by Gasteiger charge is -2.17. The molecule has 2 aromatic rings. The van der Waals surface area contributed by atoms with E-state index >= 15 is 0 Å². The lowest BCUT2D eigenvalue weighted by Crippen LogP contribution is -2.26. The van der Waals surface area contributed by atoms with Gasteiger partial charge >= 0.3 is 0 Å². The Hall–Kier alpha value is -1.40. The van der Waals surface area contributed by atoms with Gasteiger partial charge in [-0.3, -0.25) is 0 Å². The molecular weight excluding hydrogens is 292 g/mol. The van der Waals surface area contributed by atoms with Gasteiger partial charge in [0, 0.05) is 12.4 Å². The summed E-state index contributed by atoms with van der Waals surface area (Å²) in [4.78, 5) is 4.60. The van der Waals surface area contributed by atoms with Crippen LogP contribution in [0.2, 0.25) is 0 Å². The number of nitrogens with zero attached hydrogens (tertiary/aromatic N) is 2. The van der Waals surface area contributed by atoms with Gasteiger partial charge in [0.05, 0.1) is 10.6 Å². The number of aromatic nitrogens is 1. The first-order valence-corrected chi connectivity index (χ1v) is 8.83. The second kappa shape index (κ2) is 4.86. The Labute approximate surface area is 123 Å². The van der Waals surface area contributed by atoms with Gasteiger partial charge < -0.3 is 0 Å². The number of thiazole rings is 1. The minimum absolute atomic E-state index is 0.355. The maximum absolute atomic E-state index is 12.6. The van der Waals surface area contributed by atoms with Crippen LogP contribution >= 0.6 is 11.3 Å². The van der Waals surface area contributed by atoms with E-state index in [2.05, 4.69) is 4.98 Å². The molecule has 0 saturated heterocycles. The zero-order valence-corrected chi connectivity index (χ0v) is 13.1. The second-order valence-corrected chi connectivity index (χ2v) is 7.83. The average Bonchev–Trinajstić information content (AvgIpc) is 3.05. The first-order chi connectivity index (χ1) is 9.48. The quantitative estimate of drug-likeness (QED) is 0.876. The molecule has 0 saturated carbocycles. The van der Waals surface area contributed by atoms with Gasteiger partial charge in [0.2, 0.25) is 0 Å². The Morgan fingerprint density at radius 1 is 1.25 bits per heavy atom. The monoisotopic (exact) mass is 308 g/mol. The summed E-state index contributed by atoms with van der Waals surface area (Å²) in [7, 11) is -1.96. The van der Waals surface area contributed by atoms with Crippen LogP contribution in [0.25, 0.3) is 0 Å². The molecule has 0 amide bonds. The molecule has 0 unspecified atom stereocenters. The summed E-state index contributed by atoms with van der Waals surface area (Å²) in [5.41, 5.74) is 3.27. The first-order valence-electron chi connectivity index (χ1n) is 6.51. The van der Waals surface area contributed by atoms with Crippen LogP contribution in [0.3, 0.4) is 0 Å². The van der Waals surface area contributed by atoms with Gasteiger partial charge in [0.25, 0.3) is 10.0 Å². The lowest BCUT2D eigenvalue weighted by atomic mass is 10.1. The number of sulfonamides is 1. The molecule has 1 aliphatic rings. The predicted octanol–water partition coefficient (Wildman–Crippen LogP) is 2.77. The molecular formula is C14H16N2O2S2. The number of anilines is 1. The molecule has 0 N–H and O–H groups in total. The molecule has 0 atom stereocenters. The van der Waals surface area contributed by atoms with Gasteiger partial charge in [0.15, 0.2) is 5.13 Å². The van der Waals surface area contributed by atoms with E-state index < -0.39 is 10.0 Å². The van der Waals surface area contributed by atoms with Crippen LogP contribution in [-0.2, 0) is 22.9 Å².